The van der Waals surface area contributed by atoms with Gasteiger partial charge in [-0.25, -0.2) is 4.79 Å². The minimum absolute atomic E-state index is 0. The number of benzene rings is 6. The molecular formula is C64H81F4N4O7P. The Balaban J connectivity index is 0.000000190. The second-order valence-corrected chi connectivity index (χ2v) is 23.2. The third-order valence-electron chi connectivity index (χ3n) is 15.8. The number of nitrogens with one attached hydrogen (secondary N) is 1. The van der Waals surface area contributed by atoms with Crippen molar-refractivity contribution in [3.8, 4) is 11.5 Å². The van der Waals surface area contributed by atoms with Gasteiger partial charge in [-0.3, -0.25) is 4.79 Å². The van der Waals surface area contributed by atoms with Gasteiger partial charge in [-0.2, -0.15) is 27.5 Å². The summed E-state index contributed by atoms with van der Waals surface area (Å²) >= 11 is 0. The number of ether oxygens (including phenoxy) is 2. The van der Waals surface area contributed by atoms with Crippen LogP contribution in [0.5, 0.6) is 11.5 Å². The Kier molecular flexibility index (Phi) is 20.9. The molecule has 4 heterocycles. The predicted octanol–water partition coefficient (Wildman–Crippen LogP) is 11.6. The summed E-state index contributed by atoms with van der Waals surface area (Å²) < 4.78 is 68.2. The van der Waals surface area contributed by atoms with E-state index in [2.05, 4.69) is 35.0 Å². The number of carbonyl (C=O) groups excluding carboxylic acids is 1. The van der Waals surface area contributed by atoms with Crippen LogP contribution in [0.3, 0.4) is 0 Å². The van der Waals surface area contributed by atoms with Gasteiger partial charge in [-0.05, 0) is 197 Å². The third-order valence-corrected chi connectivity index (χ3v) is 15.8. The highest BCUT2D eigenvalue weighted by atomic mass is 31.0. The van der Waals surface area contributed by atoms with E-state index in [0.29, 0.717) is 12.1 Å². The topological polar surface area (TPSA) is 158 Å². The van der Waals surface area contributed by atoms with Crippen LogP contribution in [0.2, 0.25) is 0 Å². The number of aliphatic carboxylic acids is 1. The number of hydrogen-bond donors (Lipinski definition) is 5. The number of aryl methyl sites for hydroxylation is 4. The zero-order chi connectivity index (χ0) is 56.5. The van der Waals surface area contributed by atoms with Crippen LogP contribution in [-0.4, -0.2) is 111 Å². The lowest BCUT2D eigenvalue weighted by atomic mass is 9.91. The largest absolute Gasteiger partial charge is 0.488 e. The van der Waals surface area contributed by atoms with Crippen molar-refractivity contribution >= 4 is 43.3 Å². The fraction of sp³-hybridized carbons (Fsp3) is 0.469. The normalized spacial score (nSPS) is 18.3. The molecule has 16 heteroatoms. The number of fused-ring (bicyclic) bond motifs is 4. The molecule has 6 aromatic rings. The summed E-state index contributed by atoms with van der Waals surface area (Å²) in [6.07, 6.45) is 5.27. The summed E-state index contributed by atoms with van der Waals surface area (Å²) in [4.78, 5) is 27.7. The van der Waals surface area contributed by atoms with Gasteiger partial charge in [0.2, 0.25) is 0 Å². The number of hydrogen-bond acceptors (Lipinski definition) is 9. The molecule has 2 fully saturated rings. The summed E-state index contributed by atoms with van der Waals surface area (Å²) in [6.45, 7) is 13.3. The maximum absolute atomic E-state index is 15.1. The van der Waals surface area contributed by atoms with Crippen molar-refractivity contribution in [2.75, 3.05) is 39.3 Å². The number of likely N-dealkylation sites (tertiary alicyclic amines) is 2. The average molecular weight is 1130 g/mol. The summed E-state index contributed by atoms with van der Waals surface area (Å²) in [5.41, 5.74) is 11.0. The average Bonchev–Trinajstić information content (AvgIpc) is 4.17. The van der Waals surface area contributed by atoms with Crippen LogP contribution in [0.4, 0.5) is 17.6 Å². The Hall–Kier alpha value is -5.67. The number of carboxylic acid groups (broad SMARTS) is 1. The number of carboxylic acids is 1. The molecule has 4 aliphatic rings. The molecule has 0 spiro atoms. The number of nitrogens with two attached hydrogens (primary N) is 1. The third kappa shape index (κ3) is 16.7. The maximum Gasteiger partial charge on any atom is 0.374 e. The van der Waals surface area contributed by atoms with Crippen LogP contribution in [0.25, 0.3) is 21.5 Å². The van der Waals surface area contributed by atoms with E-state index in [1.165, 1.54) is 18.4 Å². The van der Waals surface area contributed by atoms with Crippen molar-refractivity contribution in [1.82, 2.24) is 15.1 Å². The molecule has 10 rings (SSSR count). The maximum atomic E-state index is 15.1. The predicted molar refractivity (Wildman–Crippen MR) is 313 cm³/mol. The van der Waals surface area contributed by atoms with Gasteiger partial charge < -0.3 is 45.6 Å². The molecule has 80 heavy (non-hydrogen) atoms. The first kappa shape index (κ1) is 61.9. The van der Waals surface area contributed by atoms with Crippen molar-refractivity contribution in [3.63, 3.8) is 0 Å². The Morgan fingerprint density at radius 2 is 1.02 bits per heavy atom. The van der Waals surface area contributed by atoms with Gasteiger partial charge in [0.25, 0.3) is 5.91 Å². The molecule has 0 radical (unpaired) electrons. The Morgan fingerprint density at radius 1 is 0.600 bits per heavy atom. The SMILES string of the molecule is CC1(C)CCc2cc(C(O)[C@H](N)CN3CCCC3)ccc2O1.CC1(C)CCc2cc([C@@H](O)[C@@H](CN3CCCC3)NC(=O)C(F)(F)CCc3ccc4ccccc4c3)ccc2O1.O=C(O)C(F)(F)CCc1ccc2ccccc2c1.P. The number of halogens is 4. The zero-order valence-electron chi connectivity index (χ0n) is 46.7. The van der Waals surface area contributed by atoms with Gasteiger partial charge in [0.15, 0.2) is 0 Å². The van der Waals surface area contributed by atoms with E-state index in [0.717, 1.165) is 127 Å². The standard InChI is InChI=1S/C32H38F2N2O3.C18H28N2O2.C14H12F2O2.H3P/c1-31(2)15-14-25-20-26(11-12-28(25)39-31)29(37)27(21-36-17-5-6-18-36)35-30(38)32(33,34)16-13-22-9-10-23-7-3-4-8-24(23)19-22;1-18(2)8-7-13-11-14(5-6-16(13)22-18)17(21)15(19)12-20-9-3-4-10-20;15-14(16,13(17)18)8-7-10-5-6-11-3-1-2-4-12(11)9-10;/h3-4,7-12,19-20,27,29,37H,5-6,13-18,21H2,1-2H3,(H,35,38);5-6,11,15,17,21H,3-4,7-10,12,19H2,1-2H3;1-6,9H,7-8H2,(H,17,18);1H3/t27-,29-;15-,17?;;/m11../s1. The fourth-order valence-electron chi connectivity index (χ4n) is 10.9. The van der Waals surface area contributed by atoms with Crippen molar-refractivity contribution in [2.45, 2.75) is 152 Å². The highest BCUT2D eigenvalue weighted by Crippen LogP contribution is 2.37. The van der Waals surface area contributed by atoms with Crippen molar-refractivity contribution < 1.29 is 51.9 Å². The zero-order valence-corrected chi connectivity index (χ0v) is 48.2. The van der Waals surface area contributed by atoms with Crippen LogP contribution in [0.1, 0.15) is 125 Å². The van der Waals surface area contributed by atoms with E-state index >= 15 is 8.78 Å². The van der Waals surface area contributed by atoms with Crippen LogP contribution in [-0.2, 0) is 35.3 Å². The summed E-state index contributed by atoms with van der Waals surface area (Å²) in [7, 11) is 0. The van der Waals surface area contributed by atoms with Crippen molar-refractivity contribution in [3.05, 3.63) is 155 Å². The van der Waals surface area contributed by atoms with Gasteiger partial charge in [-0.1, -0.05) is 97.1 Å². The van der Waals surface area contributed by atoms with Crippen LogP contribution in [0, 0.1) is 0 Å². The fourth-order valence-corrected chi connectivity index (χ4v) is 10.9. The molecule has 6 aromatic carbocycles. The lowest BCUT2D eigenvalue weighted by molar-refractivity contribution is -0.165. The first-order chi connectivity index (χ1) is 37.5. The number of amides is 1. The van der Waals surface area contributed by atoms with E-state index in [1.54, 1.807) is 12.1 Å². The van der Waals surface area contributed by atoms with E-state index in [9.17, 15) is 28.6 Å². The molecule has 0 aliphatic carbocycles. The van der Waals surface area contributed by atoms with E-state index in [-0.39, 0.29) is 40.0 Å². The summed E-state index contributed by atoms with van der Waals surface area (Å²) in [5, 5.41) is 36.8. The monoisotopic (exact) mass is 1120 g/mol. The Bertz CT molecular complexity index is 3040. The smallest absolute Gasteiger partial charge is 0.374 e. The quantitative estimate of drug-likeness (QED) is 0.0440. The first-order valence-electron chi connectivity index (χ1n) is 28.0. The van der Waals surface area contributed by atoms with E-state index in [1.807, 2.05) is 117 Å². The summed E-state index contributed by atoms with van der Waals surface area (Å²) in [5.74, 6) is -8.91. The Morgan fingerprint density at radius 3 is 1.49 bits per heavy atom. The molecule has 2 unspecified atom stereocenters. The molecule has 4 aliphatic heterocycles. The number of aliphatic hydroxyl groups excluding tert-OH is 2. The van der Waals surface area contributed by atoms with E-state index < -0.39 is 54.8 Å². The van der Waals surface area contributed by atoms with Crippen LogP contribution < -0.4 is 20.5 Å². The molecule has 2 saturated heterocycles. The molecule has 11 nitrogen and oxygen atoms in total. The lowest BCUT2D eigenvalue weighted by Gasteiger charge is -2.34. The minimum atomic E-state index is -3.66. The molecule has 5 atom stereocenters. The van der Waals surface area contributed by atoms with Crippen LogP contribution >= 0.6 is 9.90 Å². The molecular weight excluding hydrogens is 1040 g/mol. The van der Waals surface area contributed by atoms with Gasteiger partial charge >= 0.3 is 17.8 Å². The molecule has 1 amide bonds. The number of alkyl halides is 4. The van der Waals surface area contributed by atoms with E-state index in [4.69, 9.17) is 20.3 Å². The highest BCUT2D eigenvalue weighted by Gasteiger charge is 2.41. The van der Waals surface area contributed by atoms with Gasteiger partial charge in [0, 0.05) is 32.0 Å². The van der Waals surface area contributed by atoms with Crippen molar-refractivity contribution in [2.24, 2.45) is 5.73 Å². The Labute approximate surface area is 471 Å². The number of carbonyl (C=O) groups is 2. The minimum Gasteiger partial charge on any atom is -0.488 e. The van der Waals surface area contributed by atoms with Crippen LogP contribution in [0.15, 0.2) is 121 Å². The summed E-state index contributed by atoms with van der Waals surface area (Å²) in [6, 6.07) is 36.8. The molecule has 432 valence electrons. The number of rotatable bonds is 17. The van der Waals surface area contributed by atoms with Gasteiger partial charge in [0.1, 0.15) is 28.8 Å². The van der Waals surface area contributed by atoms with Gasteiger partial charge in [0.05, 0.1) is 12.1 Å². The lowest BCUT2D eigenvalue weighted by Crippen LogP contribution is -2.51. The number of aliphatic hydroxyl groups is 2. The highest BCUT2D eigenvalue weighted by molar-refractivity contribution is 6.92. The molecule has 0 aromatic heterocycles. The van der Waals surface area contributed by atoms with Gasteiger partial charge in [-0.15, -0.1) is 0 Å². The molecule has 0 saturated carbocycles. The first-order valence-corrected chi connectivity index (χ1v) is 28.0. The number of nitrogens with zero attached hydrogens (tertiary/aromatic N) is 2. The molecule has 0 bridgehead atoms. The second-order valence-electron chi connectivity index (χ2n) is 23.2. The molecule has 6 N–H and O–H groups in total. The van der Waals surface area contributed by atoms with Crippen molar-refractivity contribution in [1.29, 1.82) is 0 Å². The second kappa shape index (κ2) is 26.9.